The van der Waals surface area contributed by atoms with Crippen LogP contribution in [0.4, 0.5) is 5.88 Å². The lowest BCUT2D eigenvalue weighted by Gasteiger charge is -2.19. The van der Waals surface area contributed by atoms with Crippen molar-refractivity contribution >= 4 is 5.88 Å². The van der Waals surface area contributed by atoms with Crippen molar-refractivity contribution in [3.8, 4) is 23.3 Å². The summed E-state index contributed by atoms with van der Waals surface area (Å²) in [5.41, 5.74) is 0.823. The van der Waals surface area contributed by atoms with Crippen molar-refractivity contribution in [3.05, 3.63) is 30.0 Å². The lowest BCUT2D eigenvalue weighted by molar-refractivity contribution is 0.277. The maximum atomic E-state index is 9.20. The highest BCUT2D eigenvalue weighted by Crippen LogP contribution is 2.29. The molecule has 0 unspecified atom stereocenters. The van der Waals surface area contributed by atoms with Gasteiger partial charge in [0, 0.05) is 18.7 Å². The summed E-state index contributed by atoms with van der Waals surface area (Å²) in [6, 6.07) is 9.06. The largest absolute Gasteiger partial charge is 0.497 e. The molecule has 116 valence electrons. The van der Waals surface area contributed by atoms with Gasteiger partial charge in [-0.05, 0) is 24.3 Å². The van der Waals surface area contributed by atoms with Gasteiger partial charge in [-0.3, -0.25) is 0 Å². The Balaban J connectivity index is 2.36. The Hall–Kier alpha value is -2.56. The molecule has 1 heterocycles. The van der Waals surface area contributed by atoms with Crippen molar-refractivity contribution < 1.29 is 19.4 Å². The molecule has 0 spiro atoms. The van der Waals surface area contributed by atoms with Crippen molar-refractivity contribution in [2.75, 3.05) is 38.3 Å². The standard InChI is InChI=1S/C15H17N3O4/c1-21-12-4-2-11(3-5-12)14-17-13(10-16)15(22-14)18(6-8-19)7-9-20/h2-5,19-20H,6-9H2,1H3. The fourth-order valence-corrected chi connectivity index (χ4v) is 2.01. The third-order valence-electron chi connectivity index (χ3n) is 3.08. The number of hydrogen-bond donors (Lipinski definition) is 2. The molecule has 7 nitrogen and oxygen atoms in total. The van der Waals surface area contributed by atoms with Gasteiger partial charge in [0.15, 0.2) is 0 Å². The number of benzene rings is 1. The molecule has 0 bridgehead atoms. The van der Waals surface area contributed by atoms with Gasteiger partial charge in [-0.2, -0.15) is 10.2 Å². The Morgan fingerprint density at radius 1 is 1.23 bits per heavy atom. The number of methoxy groups -OCH3 is 1. The van der Waals surface area contributed by atoms with Crippen LogP contribution in [0.2, 0.25) is 0 Å². The number of aromatic nitrogens is 1. The van der Waals surface area contributed by atoms with E-state index in [0.717, 1.165) is 0 Å². The molecule has 0 saturated heterocycles. The smallest absolute Gasteiger partial charge is 0.235 e. The highest BCUT2D eigenvalue weighted by molar-refractivity contribution is 5.60. The predicted molar refractivity (Wildman–Crippen MR) is 79.6 cm³/mol. The van der Waals surface area contributed by atoms with E-state index < -0.39 is 0 Å². The van der Waals surface area contributed by atoms with E-state index >= 15 is 0 Å². The number of nitriles is 1. The van der Waals surface area contributed by atoms with Gasteiger partial charge in [-0.1, -0.05) is 0 Å². The first-order valence-corrected chi connectivity index (χ1v) is 6.75. The van der Waals surface area contributed by atoms with Crippen LogP contribution in [0.1, 0.15) is 5.69 Å². The van der Waals surface area contributed by atoms with Crippen LogP contribution in [-0.4, -0.2) is 48.6 Å². The molecule has 22 heavy (non-hydrogen) atoms. The molecule has 2 N–H and O–H groups in total. The fourth-order valence-electron chi connectivity index (χ4n) is 2.01. The van der Waals surface area contributed by atoms with Gasteiger partial charge < -0.3 is 24.3 Å². The number of rotatable bonds is 7. The number of ether oxygens (including phenoxy) is 1. The molecule has 2 aromatic rings. The SMILES string of the molecule is COc1ccc(-c2nc(C#N)c(N(CCO)CCO)o2)cc1. The Kier molecular flexibility index (Phi) is 5.36. The predicted octanol–water partition coefficient (Wildman–Crippen LogP) is 1.01. The molecule has 0 saturated carbocycles. The molecule has 1 aromatic carbocycles. The monoisotopic (exact) mass is 303 g/mol. The molecule has 2 rings (SSSR count). The molecule has 7 heteroatoms. The van der Waals surface area contributed by atoms with Crippen LogP contribution in [0.15, 0.2) is 28.7 Å². The summed E-state index contributed by atoms with van der Waals surface area (Å²) in [6.45, 7) is 0.242. The Labute approximate surface area is 128 Å². The number of hydrogen-bond acceptors (Lipinski definition) is 7. The van der Waals surface area contributed by atoms with Gasteiger partial charge in [0.25, 0.3) is 0 Å². The Morgan fingerprint density at radius 3 is 2.36 bits per heavy atom. The number of aliphatic hydroxyl groups is 2. The highest BCUT2D eigenvalue weighted by atomic mass is 16.5. The van der Waals surface area contributed by atoms with Crippen LogP contribution in [0.25, 0.3) is 11.5 Å². The molecule has 0 aliphatic rings. The van der Waals surface area contributed by atoms with Gasteiger partial charge in [0.1, 0.15) is 11.8 Å². The van der Waals surface area contributed by atoms with Gasteiger partial charge in [-0.25, -0.2) is 0 Å². The van der Waals surface area contributed by atoms with Gasteiger partial charge in [0.2, 0.25) is 17.5 Å². The van der Waals surface area contributed by atoms with E-state index in [0.29, 0.717) is 17.2 Å². The van der Waals surface area contributed by atoms with Crippen LogP contribution in [0.3, 0.4) is 0 Å². The Bertz CT molecular complexity index is 640. The molecule has 0 radical (unpaired) electrons. The van der Waals surface area contributed by atoms with Crippen LogP contribution < -0.4 is 9.64 Å². The quantitative estimate of drug-likeness (QED) is 0.787. The lowest BCUT2D eigenvalue weighted by atomic mass is 10.2. The summed E-state index contributed by atoms with van der Waals surface area (Å²) >= 11 is 0. The molecule has 0 atom stereocenters. The van der Waals surface area contributed by atoms with E-state index in [2.05, 4.69) is 4.98 Å². The number of aliphatic hydroxyl groups excluding tert-OH is 2. The van der Waals surface area contributed by atoms with Crippen molar-refractivity contribution in [1.82, 2.24) is 4.98 Å². The first-order chi connectivity index (χ1) is 10.7. The highest BCUT2D eigenvalue weighted by Gasteiger charge is 2.20. The molecule has 0 aliphatic heterocycles. The van der Waals surface area contributed by atoms with Crippen LogP contribution in [0.5, 0.6) is 5.75 Å². The summed E-state index contributed by atoms with van der Waals surface area (Å²) in [4.78, 5) is 5.75. The van der Waals surface area contributed by atoms with Gasteiger partial charge in [-0.15, -0.1) is 0 Å². The molecule has 1 aromatic heterocycles. The second-order valence-electron chi connectivity index (χ2n) is 4.45. The first kappa shape index (κ1) is 15.8. The minimum absolute atomic E-state index is 0.118. The molecule has 0 aliphatic carbocycles. The lowest BCUT2D eigenvalue weighted by Crippen LogP contribution is -2.29. The van der Waals surface area contributed by atoms with E-state index in [1.807, 2.05) is 6.07 Å². The summed E-state index contributed by atoms with van der Waals surface area (Å²) in [5, 5.41) is 27.4. The van der Waals surface area contributed by atoms with Crippen LogP contribution in [0, 0.1) is 11.3 Å². The van der Waals surface area contributed by atoms with Gasteiger partial charge in [0.05, 0.1) is 20.3 Å². The summed E-state index contributed by atoms with van der Waals surface area (Å²) in [7, 11) is 1.58. The van der Waals surface area contributed by atoms with Crippen LogP contribution in [-0.2, 0) is 0 Å². The average Bonchev–Trinajstić information content (AvgIpc) is 2.99. The number of anilines is 1. The second kappa shape index (κ2) is 7.45. The first-order valence-electron chi connectivity index (χ1n) is 6.75. The van der Waals surface area contributed by atoms with Crippen molar-refractivity contribution in [2.24, 2.45) is 0 Å². The maximum absolute atomic E-state index is 9.20. The third-order valence-corrected chi connectivity index (χ3v) is 3.08. The zero-order valence-electron chi connectivity index (χ0n) is 12.2. The summed E-state index contributed by atoms with van der Waals surface area (Å²) < 4.78 is 10.8. The molecule has 0 amide bonds. The van der Waals surface area contributed by atoms with E-state index in [4.69, 9.17) is 19.4 Å². The average molecular weight is 303 g/mol. The van der Waals surface area contributed by atoms with Crippen molar-refractivity contribution in [1.29, 1.82) is 5.26 Å². The maximum Gasteiger partial charge on any atom is 0.235 e. The summed E-state index contributed by atoms with van der Waals surface area (Å²) in [6.07, 6.45) is 0. The fraction of sp³-hybridized carbons (Fsp3) is 0.333. The Morgan fingerprint density at radius 2 is 1.86 bits per heavy atom. The minimum atomic E-state index is -0.122. The third kappa shape index (κ3) is 3.36. The number of nitrogens with zero attached hydrogens (tertiary/aromatic N) is 3. The van der Waals surface area contributed by atoms with Crippen molar-refractivity contribution in [2.45, 2.75) is 0 Å². The van der Waals surface area contributed by atoms with E-state index in [-0.39, 0.29) is 37.9 Å². The molecule has 0 fully saturated rings. The molecular weight excluding hydrogens is 286 g/mol. The molecular formula is C15H17N3O4. The van der Waals surface area contributed by atoms with E-state index in [1.54, 1.807) is 36.3 Å². The number of oxazole rings is 1. The topological polar surface area (TPSA) is 103 Å². The second-order valence-corrected chi connectivity index (χ2v) is 4.45. The normalized spacial score (nSPS) is 10.3. The van der Waals surface area contributed by atoms with Crippen molar-refractivity contribution in [3.63, 3.8) is 0 Å². The summed E-state index contributed by atoms with van der Waals surface area (Å²) in [5.74, 6) is 1.25. The zero-order chi connectivity index (χ0) is 15.9. The van der Waals surface area contributed by atoms with E-state index in [1.165, 1.54) is 0 Å². The minimum Gasteiger partial charge on any atom is -0.497 e. The zero-order valence-corrected chi connectivity index (χ0v) is 12.2. The van der Waals surface area contributed by atoms with Crippen LogP contribution >= 0.6 is 0 Å². The van der Waals surface area contributed by atoms with Gasteiger partial charge >= 0.3 is 0 Å². The van der Waals surface area contributed by atoms with E-state index in [9.17, 15) is 5.26 Å².